The molecule has 0 atom stereocenters. The Hall–Kier alpha value is -3.40. The third-order valence-corrected chi connectivity index (χ3v) is 5.80. The van der Waals surface area contributed by atoms with Crippen LogP contribution in [0.2, 0.25) is 0 Å². The van der Waals surface area contributed by atoms with E-state index in [9.17, 15) is 18.0 Å². The second-order valence-corrected chi connectivity index (χ2v) is 8.48. The Bertz CT molecular complexity index is 1140. The van der Waals surface area contributed by atoms with Crippen LogP contribution in [0.3, 0.4) is 0 Å². The molecular formula is C24H26F3N5O2. The van der Waals surface area contributed by atoms with Crippen LogP contribution in [0.25, 0.3) is 5.69 Å². The van der Waals surface area contributed by atoms with Gasteiger partial charge in [0.15, 0.2) is 0 Å². The standard InChI is InChI=1S/C24H26F3N5O2/c1-16-3-4-17(2)22(11-16)34-19-7-9-31(10-8-19)13-23(33)30-20-12-18(24(25,26)27)5-6-21(20)32-15-28-14-29-32/h3-6,11-12,14-15,19H,7-10,13H2,1-2H3,(H,30,33). The second-order valence-electron chi connectivity index (χ2n) is 8.48. The SMILES string of the molecule is Cc1ccc(C)c(OC2CCN(CC(=O)Nc3cc(C(F)(F)F)ccc3-n3cncn3)CC2)c1. The van der Waals surface area contributed by atoms with Crippen LogP contribution in [-0.4, -0.2) is 51.3 Å². The van der Waals surface area contributed by atoms with E-state index in [2.05, 4.69) is 15.4 Å². The number of likely N-dealkylation sites (tertiary alicyclic amines) is 1. The minimum atomic E-state index is -4.53. The van der Waals surface area contributed by atoms with Crippen LogP contribution >= 0.6 is 0 Å². The molecule has 0 bridgehead atoms. The van der Waals surface area contributed by atoms with Gasteiger partial charge < -0.3 is 10.1 Å². The Balaban J connectivity index is 1.37. The third-order valence-electron chi connectivity index (χ3n) is 5.80. The van der Waals surface area contributed by atoms with Crippen molar-refractivity contribution in [3.63, 3.8) is 0 Å². The van der Waals surface area contributed by atoms with Crippen molar-refractivity contribution >= 4 is 11.6 Å². The number of piperidine rings is 1. The smallest absolute Gasteiger partial charge is 0.416 e. The van der Waals surface area contributed by atoms with E-state index in [1.807, 2.05) is 36.9 Å². The molecule has 1 aromatic heterocycles. The molecule has 10 heteroatoms. The molecule has 34 heavy (non-hydrogen) atoms. The lowest BCUT2D eigenvalue weighted by molar-refractivity contribution is -0.137. The normalized spacial score (nSPS) is 15.3. The maximum atomic E-state index is 13.2. The van der Waals surface area contributed by atoms with Gasteiger partial charge in [0.1, 0.15) is 24.5 Å². The van der Waals surface area contributed by atoms with Crippen molar-refractivity contribution in [2.45, 2.75) is 39.0 Å². The first-order valence-corrected chi connectivity index (χ1v) is 11.0. The molecule has 1 aliphatic heterocycles. The minimum absolute atomic E-state index is 0.0264. The van der Waals surface area contributed by atoms with Gasteiger partial charge in [-0.2, -0.15) is 18.3 Å². The second kappa shape index (κ2) is 9.84. The summed E-state index contributed by atoms with van der Waals surface area (Å²) in [5.41, 5.74) is 1.69. The zero-order valence-corrected chi connectivity index (χ0v) is 19.0. The number of anilines is 1. The van der Waals surface area contributed by atoms with E-state index in [4.69, 9.17) is 4.74 Å². The number of nitrogens with zero attached hydrogens (tertiary/aromatic N) is 4. The molecule has 0 aliphatic carbocycles. The van der Waals surface area contributed by atoms with Gasteiger partial charge in [-0.05, 0) is 62.1 Å². The number of hydrogen-bond donors (Lipinski definition) is 1. The number of benzene rings is 2. The minimum Gasteiger partial charge on any atom is -0.490 e. The maximum absolute atomic E-state index is 13.2. The average Bonchev–Trinajstić information content (AvgIpc) is 3.31. The summed E-state index contributed by atoms with van der Waals surface area (Å²) in [7, 11) is 0. The summed E-state index contributed by atoms with van der Waals surface area (Å²) in [5, 5.41) is 6.59. The van der Waals surface area contributed by atoms with E-state index in [0.717, 1.165) is 41.9 Å². The van der Waals surface area contributed by atoms with Crippen molar-refractivity contribution in [3.8, 4) is 11.4 Å². The molecule has 1 N–H and O–H groups in total. The predicted molar refractivity (Wildman–Crippen MR) is 121 cm³/mol. The van der Waals surface area contributed by atoms with Gasteiger partial charge in [0.25, 0.3) is 0 Å². The van der Waals surface area contributed by atoms with Crippen molar-refractivity contribution < 1.29 is 22.7 Å². The number of ether oxygens (including phenoxy) is 1. The number of carbonyl (C=O) groups is 1. The lowest BCUT2D eigenvalue weighted by Gasteiger charge is -2.32. The molecule has 0 radical (unpaired) electrons. The van der Waals surface area contributed by atoms with E-state index in [1.54, 1.807) is 0 Å². The third kappa shape index (κ3) is 5.74. The summed E-state index contributed by atoms with van der Waals surface area (Å²) in [6.07, 6.45) is -0.324. The topological polar surface area (TPSA) is 72.3 Å². The summed E-state index contributed by atoms with van der Waals surface area (Å²) in [5.74, 6) is 0.482. The predicted octanol–water partition coefficient (Wildman–Crippen LogP) is 4.38. The molecule has 2 aromatic carbocycles. The van der Waals surface area contributed by atoms with Crippen molar-refractivity contribution in [2.75, 3.05) is 25.0 Å². The molecular weight excluding hydrogens is 447 g/mol. The van der Waals surface area contributed by atoms with Crippen LogP contribution in [0.4, 0.5) is 18.9 Å². The fourth-order valence-corrected chi connectivity index (χ4v) is 3.94. The quantitative estimate of drug-likeness (QED) is 0.575. The highest BCUT2D eigenvalue weighted by Gasteiger charge is 2.31. The van der Waals surface area contributed by atoms with Gasteiger partial charge in [-0.15, -0.1) is 0 Å². The molecule has 0 spiro atoms. The van der Waals surface area contributed by atoms with Crippen LogP contribution < -0.4 is 10.1 Å². The highest BCUT2D eigenvalue weighted by Crippen LogP contribution is 2.33. The van der Waals surface area contributed by atoms with Crippen LogP contribution in [0.15, 0.2) is 49.1 Å². The molecule has 2 heterocycles. The molecule has 3 aromatic rings. The molecule has 7 nitrogen and oxygen atoms in total. The Kier molecular flexibility index (Phi) is 6.87. The molecule has 1 aliphatic rings. The van der Waals surface area contributed by atoms with Gasteiger partial charge in [0, 0.05) is 13.1 Å². The van der Waals surface area contributed by atoms with Crippen LogP contribution in [0, 0.1) is 13.8 Å². The Morgan fingerprint density at radius 1 is 1.15 bits per heavy atom. The number of aromatic nitrogens is 3. The number of hydrogen-bond acceptors (Lipinski definition) is 5. The molecule has 1 fully saturated rings. The van der Waals surface area contributed by atoms with Crippen LogP contribution in [-0.2, 0) is 11.0 Å². The Morgan fingerprint density at radius 2 is 1.91 bits per heavy atom. The lowest BCUT2D eigenvalue weighted by atomic mass is 10.1. The number of carbonyl (C=O) groups excluding carboxylic acids is 1. The van der Waals surface area contributed by atoms with E-state index in [0.29, 0.717) is 18.8 Å². The number of rotatable bonds is 6. The van der Waals surface area contributed by atoms with Crippen LogP contribution in [0.5, 0.6) is 5.75 Å². The number of amides is 1. The highest BCUT2D eigenvalue weighted by molar-refractivity contribution is 5.94. The van der Waals surface area contributed by atoms with Gasteiger partial charge in [0.2, 0.25) is 5.91 Å². The van der Waals surface area contributed by atoms with Crippen molar-refractivity contribution in [1.29, 1.82) is 0 Å². The van der Waals surface area contributed by atoms with Crippen molar-refractivity contribution in [3.05, 3.63) is 65.7 Å². The molecule has 0 saturated carbocycles. The zero-order chi connectivity index (χ0) is 24.3. The van der Waals surface area contributed by atoms with Gasteiger partial charge in [-0.3, -0.25) is 9.69 Å². The first-order valence-electron chi connectivity index (χ1n) is 11.0. The first kappa shape index (κ1) is 23.7. The molecule has 1 amide bonds. The Labute approximate surface area is 195 Å². The van der Waals surface area contributed by atoms with Crippen molar-refractivity contribution in [2.24, 2.45) is 0 Å². The number of alkyl halides is 3. The summed E-state index contributed by atoms with van der Waals surface area (Å²) in [4.78, 5) is 18.5. The van der Waals surface area contributed by atoms with E-state index >= 15 is 0 Å². The number of nitrogens with one attached hydrogen (secondary N) is 1. The van der Waals surface area contributed by atoms with E-state index in [-0.39, 0.29) is 18.3 Å². The number of halogens is 3. The fourth-order valence-electron chi connectivity index (χ4n) is 3.94. The zero-order valence-electron chi connectivity index (χ0n) is 19.0. The molecule has 1 saturated heterocycles. The van der Waals surface area contributed by atoms with Gasteiger partial charge in [0.05, 0.1) is 23.5 Å². The first-order chi connectivity index (χ1) is 16.2. The van der Waals surface area contributed by atoms with E-state index in [1.165, 1.54) is 23.4 Å². The average molecular weight is 473 g/mol. The fraction of sp³-hybridized carbons (Fsp3) is 0.375. The van der Waals surface area contributed by atoms with Gasteiger partial charge >= 0.3 is 6.18 Å². The van der Waals surface area contributed by atoms with E-state index < -0.39 is 17.6 Å². The van der Waals surface area contributed by atoms with Gasteiger partial charge in [-0.1, -0.05) is 12.1 Å². The lowest BCUT2D eigenvalue weighted by Crippen LogP contribution is -2.42. The maximum Gasteiger partial charge on any atom is 0.416 e. The highest BCUT2D eigenvalue weighted by atomic mass is 19.4. The van der Waals surface area contributed by atoms with Gasteiger partial charge in [-0.25, -0.2) is 9.67 Å². The molecule has 180 valence electrons. The van der Waals surface area contributed by atoms with Crippen molar-refractivity contribution in [1.82, 2.24) is 19.7 Å². The summed E-state index contributed by atoms with van der Waals surface area (Å²) < 4.78 is 47.2. The molecule has 0 unspecified atom stereocenters. The summed E-state index contributed by atoms with van der Waals surface area (Å²) in [6.45, 7) is 5.41. The monoisotopic (exact) mass is 473 g/mol. The number of aryl methyl sites for hydroxylation is 2. The van der Waals surface area contributed by atoms with Crippen LogP contribution in [0.1, 0.15) is 29.5 Å². The molecule has 4 rings (SSSR count). The largest absolute Gasteiger partial charge is 0.490 e. The summed E-state index contributed by atoms with van der Waals surface area (Å²) in [6, 6.07) is 9.24. The Morgan fingerprint density at radius 3 is 2.59 bits per heavy atom. The summed E-state index contributed by atoms with van der Waals surface area (Å²) >= 11 is 0.